The summed E-state index contributed by atoms with van der Waals surface area (Å²) >= 11 is 1.36. The number of carbonyl (C=O) groups is 1. The summed E-state index contributed by atoms with van der Waals surface area (Å²) in [7, 11) is 0. The molecule has 0 aromatic carbocycles. The molecular weight excluding hydrogens is 262 g/mol. The summed E-state index contributed by atoms with van der Waals surface area (Å²) in [6, 6.07) is 0. The number of nitrogens with zero attached hydrogens (tertiary/aromatic N) is 3. The SMILES string of the molecule is CC(C)(N)CNC(=O)c1csc(-c2cnccn2)n1. The molecule has 100 valence electrons. The maximum Gasteiger partial charge on any atom is 0.270 e. The first-order valence-electron chi connectivity index (χ1n) is 5.75. The average molecular weight is 277 g/mol. The Hall–Kier alpha value is -1.86. The highest BCUT2D eigenvalue weighted by Crippen LogP contribution is 2.20. The van der Waals surface area contributed by atoms with E-state index in [1.54, 1.807) is 24.0 Å². The van der Waals surface area contributed by atoms with E-state index >= 15 is 0 Å². The Bertz CT molecular complexity index is 561. The van der Waals surface area contributed by atoms with Crippen molar-refractivity contribution in [1.29, 1.82) is 0 Å². The molecule has 6 nitrogen and oxygen atoms in total. The summed E-state index contributed by atoms with van der Waals surface area (Å²) in [5.41, 5.74) is 6.39. The van der Waals surface area contributed by atoms with Crippen LogP contribution >= 0.6 is 11.3 Å². The Morgan fingerprint density at radius 2 is 2.26 bits per heavy atom. The number of aromatic nitrogens is 3. The molecule has 2 rings (SSSR count). The molecule has 3 N–H and O–H groups in total. The van der Waals surface area contributed by atoms with Crippen LogP contribution < -0.4 is 11.1 Å². The van der Waals surface area contributed by atoms with Crippen molar-refractivity contribution >= 4 is 17.2 Å². The molecule has 0 fully saturated rings. The third kappa shape index (κ3) is 3.80. The van der Waals surface area contributed by atoms with Crippen molar-refractivity contribution in [3.63, 3.8) is 0 Å². The van der Waals surface area contributed by atoms with Gasteiger partial charge in [0.15, 0.2) is 0 Å². The Kier molecular flexibility index (Phi) is 3.87. The van der Waals surface area contributed by atoms with Gasteiger partial charge >= 0.3 is 0 Å². The smallest absolute Gasteiger partial charge is 0.270 e. The van der Waals surface area contributed by atoms with E-state index in [0.29, 0.717) is 22.9 Å². The van der Waals surface area contributed by atoms with Crippen molar-refractivity contribution in [3.8, 4) is 10.7 Å². The predicted molar refractivity (Wildman–Crippen MR) is 73.7 cm³/mol. The molecule has 2 aromatic rings. The van der Waals surface area contributed by atoms with Crippen LogP contribution in [0.25, 0.3) is 10.7 Å². The Morgan fingerprint density at radius 3 is 2.89 bits per heavy atom. The van der Waals surface area contributed by atoms with Crippen LogP contribution in [0.15, 0.2) is 24.0 Å². The summed E-state index contributed by atoms with van der Waals surface area (Å²) < 4.78 is 0. The number of carbonyl (C=O) groups excluding carboxylic acids is 1. The van der Waals surface area contributed by atoms with Crippen molar-refractivity contribution in [2.24, 2.45) is 5.73 Å². The second kappa shape index (κ2) is 5.41. The van der Waals surface area contributed by atoms with Gasteiger partial charge in [-0.2, -0.15) is 0 Å². The summed E-state index contributed by atoms with van der Waals surface area (Å²) in [6.07, 6.45) is 4.80. The number of hydrogen-bond donors (Lipinski definition) is 2. The molecule has 0 atom stereocenters. The average Bonchev–Trinajstić information content (AvgIpc) is 2.86. The minimum atomic E-state index is -0.445. The lowest BCUT2D eigenvalue weighted by molar-refractivity contribution is 0.0942. The van der Waals surface area contributed by atoms with E-state index in [1.165, 1.54) is 11.3 Å². The Balaban J connectivity index is 2.07. The van der Waals surface area contributed by atoms with Crippen LogP contribution in [0.3, 0.4) is 0 Å². The fraction of sp³-hybridized carbons (Fsp3) is 0.333. The molecule has 7 heteroatoms. The normalized spacial score (nSPS) is 11.3. The number of amides is 1. The lowest BCUT2D eigenvalue weighted by Gasteiger charge is -2.18. The van der Waals surface area contributed by atoms with Crippen molar-refractivity contribution in [2.75, 3.05) is 6.54 Å². The number of thiazole rings is 1. The first kappa shape index (κ1) is 13.6. The van der Waals surface area contributed by atoms with Crippen LogP contribution in [0.1, 0.15) is 24.3 Å². The maximum atomic E-state index is 11.9. The monoisotopic (exact) mass is 277 g/mol. The van der Waals surface area contributed by atoms with Crippen LogP contribution in [0.4, 0.5) is 0 Å². The first-order chi connectivity index (χ1) is 8.96. The van der Waals surface area contributed by atoms with Crippen LogP contribution in [-0.4, -0.2) is 32.9 Å². The highest BCUT2D eigenvalue weighted by Gasteiger charge is 2.16. The molecule has 0 radical (unpaired) electrons. The molecule has 0 saturated carbocycles. The third-order valence-corrected chi connectivity index (χ3v) is 3.09. The minimum Gasteiger partial charge on any atom is -0.349 e. The largest absolute Gasteiger partial charge is 0.349 e. The van der Waals surface area contributed by atoms with Gasteiger partial charge in [-0.25, -0.2) is 4.98 Å². The van der Waals surface area contributed by atoms with Gasteiger partial charge in [0.25, 0.3) is 5.91 Å². The van der Waals surface area contributed by atoms with E-state index in [0.717, 1.165) is 0 Å². The fourth-order valence-corrected chi connectivity index (χ4v) is 2.06. The highest BCUT2D eigenvalue weighted by atomic mass is 32.1. The summed E-state index contributed by atoms with van der Waals surface area (Å²) in [5, 5.41) is 5.12. The number of nitrogens with one attached hydrogen (secondary N) is 1. The van der Waals surface area contributed by atoms with E-state index in [1.807, 2.05) is 13.8 Å². The first-order valence-corrected chi connectivity index (χ1v) is 6.63. The molecule has 0 bridgehead atoms. The zero-order valence-corrected chi connectivity index (χ0v) is 11.6. The molecule has 19 heavy (non-hydrogen) atoms. The fourth-order valence-electron chi connectivity index (χ4n) is 1.30. The van der Waals surface area contributed by atoms with Crippen molar-refractivity contribution in [3.05, 3.63) is 29.7 Å². The lowest BCUT2D eigenvalue weighted by Crippen LogP contribution is -2.45. The van der Waals surface area contributed by atoms with Gasteiger partial charge in [-0.1, -0.05) is 0 Å². The van der Waals surface area contributed by atoms with Gasteiger partial charge in [0, 0.05) is 29.9 Å². The molecule has 0 saturated heterocycles. The number of hydrogen-bond acceptors (Lipinski definition) is 6. The topological polar surface area (TPSA) is 93.8 Å². The molecule has 0 unspecified atom stereocenters. The zero-order valence-electron chi connectivity index (χ0n) is 10.8. The van der Waals surface area contributed by atoms with E-state index in [4.69, 9.17) is 5.73 Å². The van der Waals surface area contributed by atoms with Gasteiger partial charge in [-0.15, -0.1) is 11.3 Å². The Labute approximate surface area is 115 Å². The summed E-state index contributed by atoms with van der Waals surface area (Å²) in [6.45, 7) is 4.09. The lowest BCUT2D eigenvalue weighted by atomic mass is 10.1. The molecular formula is C12H15N5OS. The maximum absolute atomic E-state index is 11.9. The van der Waals surface area contributed by atoms with Gasteiger partial charge in [-0.3, -0.25) is 14.8 Å². The van der Waals surface area contributed by atoms with Gasteiger partial charge in [0.1, 0.15) is 16.4 Å². The van der Waals surface area contributed by atoms with Gasteiger partial charge in [0.2, 0.25) is 0 Å². The third-order valence-electron chi connectivity index (χ3n) is 2.22. The van der Waals surface area contributed by atoms with E-state index in [9.17, 15) is 4.79 Å². The van der Waals surface area contributed by atoms with Crippen LogP contribution in [0, 0.1) is 0 Å². The summed E-state index contributed by atoms with van der Waals surface area (Å²) in [5.74, 6) is -0.232. The predicted octanol–water partition coefficient (Wildman–Crippen LogP) is 1.07. The van der Waals surface area contributed by atoms with Crippen LogP contribution in [0.5, 0.6) is 0 Å². The molecule has 2 heterocycles. The van der Waals surface area contributed by atoms with Crippen LogP contribution in [-0.2, 0) is 0 Å². The molecule has 0 aliphatic heterocycles. The van der Waals surface area contributed by atoms with E-state index < -0.39 is 5.54 Å². The second-order valence-corrected chi connectivity index (χ2v) is 5.66. The zero-order chi connectivity index (χ0) is 13.9. The van der Waals surface area contributed by atoms with Gasteiger partial charge < -0.3 is 11.1 Å². The van der Waals surface area contributed by atoms with E-state index in [-0.39, 0.29) is 5.91 Å². The highest BCUT2D eigenvalue weighted by molar-refractivity contribution is 7.13. The molecule has 0 aliphatic carbocycles. The second-order valence-electron chi connectivity index (χ2n) is 4.80. The Morgan fingerprint density at radius 1 is 1.47 bits per heavy atom. The minimum absolute atomic E-state index is 0.232. The van der Waals surface area contributed by atoms with Gasteiger partial charge in [-0.05, 0) is 13.8 Å². The van der Waals surface area contributed by atoms with E-state index in [2.05, 4.69) is 20.3 Å². The standard InChI is InChI=1S/C12H15N5OS/c1-12(2,13)7-16-10(18)9-6-19-11(17-9)8-5-14-3-4-15-8/h3-6H,7,13H2,1-2H3,(H,16,18). The van der Waals surface area contributed by atoms with Crippen molar-refractivity contribution in [2.45, 2.75) is 19.4 Å². The van der Waals surface area contributed by atoms with Crippen molar-refractivity contribution < 1.29 is 4.79 Å². The number of nitrogens with two attached hydrogens (primary N) is 1. The molecule has 1 amide bonds. The van der Waals surface area contributed by atoms with Gasteiger partial charge in [0.05, 0.1) is 6.20 Å². The van der Waals surface area contributed by atoms with Crippen molar-refractivity contribution in [1.82, 2.24) is 20.3 Å². The number of rotatable bonds is 4. The summed E-state index contributed by atoms with van der Waals surface area (Å²) in [4.78, 5) is 24.2. The van der Waals surface area contributed by atoms with Crippen LogP contribution in [0.2, 0.25) is 0 Å². The molecule has 0 spiro atoms. The molecule has 0 aliphatic rings. The molecule has 2 aromatic heterocycles. The quantitative estimate of drug-likeness (QED) is 0.871.